The molecule has 0 aromatic carbocycles. The first-order chi connectivity index (χ1) is 13.7. The molecule has 29 heavy (non-hydrogen) atoms. The number of Topliss-reactive ketones (excluding diaryl/α,β-unsaturated/α-hetero) is 1. The van der Waals surface area contributed by atoms with Gasteiger partial charge in [0, 0.05) is 18.9 Å². The van der Waals surface area contributed by atoms with E-state index in [-0.39, 0.29) is 35.1 Å². The number of rotatable bonds is 5. The Bertz CT molecular complexity index is 729. The zero-order chi connectivity index (χ0) is 21.0. The summed E-state index contributed by atoms with van der Waals surface area (Å²) in [6.45, 7) is 6.28. The van der Waals surface area contributed by atoms with Gasteiger partial charge in [-0.25, -0.2) is 0 Å². The van der Waals surface area contributed by atoms with Crippen molar-refractivity contribution in [3.8, 4) is 0 Å². The largest absolute Gasteiger partial charge is 0.388 e. The molecule has 0 aromatic heterocycles. The van der Waals surface area contributed by atoms with E-state index in [2.05, 4.69) is 20.8 Å². The van der Waals surface area contributed by atoms with Gasteiger partial charge in [-0.15, -0.1) is 0 Å². The van der Waals surface area contributed by atoms with E-state index in [4.69, 9.17) is 9.47 Å². The molecular formula is C24H36O5. The number of fused-ring (bicyclic) bond motifs is 5. The minimum absolute atomic E-state index is 0.0451. The lowest BCUT2D eigenvalue weighted by Gasteiger charge is -2.59. The van der Waals surface area contributed by atoms with Crippen LogP contribution in [-0.2, 0) is 19.1 Å². The molecule has 5 nitrogen and oxygen atoms in total. The van der Waals surface area contributed by atoms with E-state index in [0.717, 1.165) is 38.5 Å². The Hall–Kier alpha value is -1.04. The molecule has 0 amide bonds. The maximum Gasteiger partial charge on any atom is 0.190 e. The van der Waals surface area contributed by atoms with Crippen molar-refractivity contribution >= 4 is 11.6 Å². The van der Waals surface area contributed by atoms with E-state index >= 15 is 0 Å². The maximum absolute atomic E-state index is 13.1. The van der Waals surface area contributed by atoms with Gasteiger partial charge in [0.1, 0.15) is 19.0 Å². The highest BCUT2D eigenvalue weighted by atomic mass is 16.7. The number of carbonyl (C=O) groups is 2. The van der Waals surface area contributed by atoms with Gasteiger partial charge in [0.15, 0.2) is 11.6 Å². The van der Waals surface area contributed by atoms with Gasteiger partial charge in [0.05, 0.1) is 0 Å². The van der Waals surface area contributed by atoms with Crippen LogP contribution in [0.5, 0.6) is 0 Å². The Morgan fingerprint density at radius 2 is 1.97 bits per heavy atom. The number of allylic oxidation sites excluding steroid dienone is 1. The zero-order valence-corrected chi connectivity index (χ0v) is 18.3. The van der Waals surface area contributed by atoms with Crippen molar-refractivity contribution in [1.29, 1.82) is 0 Å². The van der Waals surface area contributed by atoms with Crippen LogP contribution in [0.4, 0.5) is 0 Å². The summed E-state index contributed by atoms with van der Waals surface area (Å²) in [5, 5.41) is 9.83. The number of methoxy groups -OCH3 is 1. The highest BCUT2D eigenvalue weighted by Gasteiger charge is 2.69. The molecule has 162 valence electrons. The van der Waals surface area contributed by atoms with Crippen molar-refractivity contribution in [3.63, 3.8) is 0 Å². The molecule has 7 atom stereocenters. The van der Waals surface area contributed by atoms with E-state index in [1.807, 2.05) is 6.08 Å². The van der Waals surface area contributed by atoms with E-state index in [1.54, 1.807) is 7.11 Å². The molecular weight excluding hydrogens is 368 g/mol. The van der Waals surface area contributed by atoms with Crippen LogP contribution in [0.25, 0.3) is 0 Å². The molecule has 0 aliphatic heterocycles. The van der Waals surface area contributed by atoms with Crippen LogP contribution in [0.15, 0.2) is 11.6 Å². The van der Waals surface area contributed by atoms with Crippen LogP contribution in [0.1, 0.15) is 65.7 Å². The molecule has 5 heteroatoms. The Balaban J connectivity index is 1.72. The monoisotopic (exact) mass is 404 g/mol. The standard InChI is InChI=1S/C24H36O5/c1-15-11-20-18-6-5-16-12-17(26)7-9-22(16,2)19(18)8-10-23(20,3)24(15,21(27)13-25)29-14-28-4/h12,15,18-20,25H,5-11,13-14H2,1-4H3/t15-,18+,19-,20-,22-,23-,24-/m0/s1. The first-order valence-electron chi connectivity index (χ1n) is 11.3. The van der Waals surface area contributed by atoms with Crippen molar-refractivity contribution in [2.75, 3.05) is 20.5 Å². The number of hydrogen-bond acceptors (Lipinski definition) is 5. The van der Waals surface area contributed by atoms with Crippen molar-refractivity contribution in [3.05, 3.63) is 11.6 Å². The van der Waals surface area contributed by atoms with Crippen molar-refractivity contribution in [2.45, 2.75) is 71.3 Å². The van der Waals surface area contributed by atoms with Gasteiger partial charge in [-0.1, -0.05) is 26.3 Å². The lowest BCUT2D eigenvalue weighted by molar-refractivity contribution is -0.212. The zero-order valence-electron chi connectivity index (χ0n) is 18.3. The maximum atomic E-state index is 13.1. The Morgan fingerprint density at radius 1 is 1.21 bits per heavy atom. The molecule has 0 heterocycles. The van der Waals surface area contributed by atoms with E-state index < -0.39 is 12.2 Å². The third-order valence-corrected chi connectivity index (χ3v) is 9.46. The number of hydrogen-bond donors (Lipinski definition) is 1. The minimum Gasteiger partial charge on any atom is -0.388 e. The summed E-state index contributed by atoms with van der Waals surface area (Å²) >= 11 is 0. The molecule has 0 bridgehead atoms. The fraction of sp³-hybridized carbons (Fsp3) is 0.833. The summed E-state index contributed by atoms with van der Waals surface area (Å²) in [6, 6.07) is 0. The number of carbonyl (C=O) groups excluding carboxylic acids is 2. The van der Waals surface area contributed by atoms with Crippen molar-refractivity contribution in [1.82, 2.24) is 0 Å². The lowest BCUT2D eigenvalue weighted by Crippen LogP contribution is -2.61. The van der Waals surface area contributed by atoms with Gasteiger partial charge in [0.2, 0.25) is 0 Å². The number of aliphatic hydroxyl groups excluding tert-OH is 1. The predicted molar refractivity (Wildman–Crippen MR) is 109 cm³/mol. The molecule has 0 spiro atoms. The van der Waals surface area contributed by atoms with Crippen molar-refractivity contribution in [2.24, 2.45) is 34.5 Å². The van der Waals surface area contributed by atoms with Crippen LogP contribution in [0.3, 0.4) is 0 Å². The smallest absolute Gasteiger partial charge is 0.190 e. The van der Waals surface area contributed by atoms with Crippen LogP contribution in [0.2, 0.25) is 0 Å². The summed E-state index contributed by atoms with van der Waals surface area (Å²) in [4.78, 5) is 25.1. The molecule has 4 aliphatic rings. The summed E-state index contributed by atoms with van der Waals surface area (Å²) < 4.78 is 11.4. The van der Waals surface area contributed by atoms with Gasteiger partial charge in [-0.2, -0.15) is 0 Å². The van der Waals surface area contributed by atoms with E-state index in [0.29, 0.717) is 24.2 Å². The second-order valence-corrected chi connectivity index (χ2v) is 10.4. The average molecular weight is 405 g/mol. The van der Waals surface area contributed by atoms with Crippen molar-refractivity contribution < 1.29 is 24.2 Å². The summed E-state index contributed by atoms with van der Waals surface area (Å²) in [5.74, 6) is 1.61. The SMILES string of the molecule is COCO[C@]1(C(=O)CO)[C@@H](C)C[C@H]2[C@@H]3CCC4=CC(=O)CC[C@]4(C)[C@H]3CC[C@@]21C. The van der Waals surface area contributed by atoms with Gasteiger partial charge >= 0.3 is 0 Å². The minimum atomic E-state index is -0.979. The molecule has 4 rings (SSSR count). The molecule has 0 radical (unpaired) electrons. The molecule has 0 aromatic rings. The molecule has 1 N–H and O–H groups in total. The second kappa shape index (κ2) is 7.28. The topological polar surface area (TPSA) is 72.8 Å². The second-order valence-electron chi connectivity index (χ2n) is 10.4. The summed E-state index contributed by atoms with van der Waals surface area (Å²) in [5.41, 5.74) is 0.195. The number of ketones is 2. The number of ether oxygens (including phenoxy) is 2. The Labute approximate surface area is 174 Å². The van der Waals surface area contributed by atoms with Crippen LogP contribution in [0, 0.1) is 34.5 Å². The molecule has 4 aliphatic carbocycles. The third-order valence-electron chi connectivity index (χ3n) is 9.46. The van der Waals surface area contributed by atoms with Crippen LogP contribution in [-0.4, -0.2) is 42.8 Å². The fourth-order valence-electron chi connectivity index (χ4n) is 8.14. The lowest BCUT2D eigenvalue weighted by atomic mass is 9.46. The first kappa shape index (κ1) is 21.2. The average Bonchev–Trinajstić information content (AvgIpc) is 2.93. The molecule has 0 saturated heterocycles. The third kappa shape index (κ3) is 2.76. The first-order valence-corrected chi connectivity index (χ1v) is 11.3. The van der Waals surface area contributed by atoms with Gasteiger partial charge in [-0.3, -0.25) is 9.59 Å². The highest BCUT2D eigenvalue weighted by molar-refractivity contribution is 5.92. The molecule has 0 unspecified atom stereocenters. The normalized spacial score (nSPS) is 46.5. The van der Waals surface area contributed by atoms with Gasteiger partial charge in [0.25, 0.3) is 0 Å². The molecule has 3 fully saturated rings. The number of aliphatic hydroxyl groups is 1. The van der Waals surface area contributed by atoms with E-state index in [1.165, 1.54) is 5.57 Å². The van der Waals surface area contributed by atoms with Crippen LogP contribution >= 0.6 is 0 Å². The molecule has 3 saturated carbocycles. The highest BCUT2D eigenvalue weighted by Crippen LogP contribution is 2.69. The quantitative estimate of drug-likeness (QED) is 0.708. The summed E-state index contributed by atoms with van der Waals surface area (Å²) in [6.07, 6.45) is 8.53. The Morgan fingerprint density at radius 3 is 2.66 bits per heavy atom. The predicted octanol–water partition coefficient (Wildman–Crippen LogP) is 3.69. The van der Waals surface area contributed by atoms with E-state index in [9.17, 15) is 14.7 Å². The van der Waals surface area contributed by atoms with Gasteiger partial charge < -0.3 is 14.6 Å². The van der Waals surface area contributed by atoms with Gasteiger partial charge in [-0.05, 0) is 73.7 Å². The summed E-state index contributed by atoms with van der Waals surface area (Å²) in [7, 11) is 1.58. The Kier molecular flexibility index (Phi) is 5.32. The van der Waals surface area contributed by atoms with Crippen LogP contribution < -0.4 is 0 Å². The fourth-order valence-corrected chi connectivity index (χ4v) is 8.14.